The van der Waals surface area contributed by atoms with Gasteiger partial charge < -0.3 is 0 Å². The monoisotopic (exact) mass is 135 g/mol. The maximum atomic E-state index is 4.99. The third kappa shape index (κ3) is 4.53. The molecule has 1 unspecified atom stereocenters. The molecule has 1 nitrogen and oxygen atoms in total. The van der Waals surface area contributed by atoms with E-state index in [1.807, 2.05) is 0 Å². The Morgan fingerprint density at radius 1 is 1.71 bits per heavy atom. The van der Waals surface area contributed by atoms with Gasteiger partial charge in [0.25, 0.3) is 0 Å². The second kappa shape index (κ2) is 4.82. The van der Waals surface area contributed by atoms with Crippen LogP contribution in [-0.2, 0) is 24.1 Å². The van der Waals surface area contributed by atoms with Crippen LogP contribution < -0.4 is 0 Å². The van der Waals surface area contributed by atoms with Gasteiger partial charge in [0.15, 0.2) is 0 Å². The van der Waals surface area contributed by atoms with Gasteiger partial charge >= 0.3 is 56.9 Å². The van der Waals surface area contributed by atoms with E-state index in [0.29, 0.717) is 6.10 Å². The van der Waals surface area contributed by atoms with E-state index < -0.39 is 0 Å². The summed E-state index contributed by atoms with van der Waals surface area (Å²) >= 11 is 1.75. The van der Waals surface area contributed by atoms with Gasteiger partial charge in [-0.15, -0.1) is 0 Å². The third-order valence-electron chi connectivity index (χ3n) is 0.896. The molecular weight excluding hydrogens is 124 g/mol. The van der Waals surface area contributed by atoms with Crippen molar-refractivity contribution in [2.75, 3.05) is 0 Å². The molecule has 0 aromatic heterocycles. The topological polar surface area (TPSA) is 9.23 Å². The Labute approximate surface area is 57.3 Å². The van der Waals surface area contributed by atoms with Crippen LogP contribution in [-0.4, -0.2) is 6.10 Å². The molecule has 0 saturated carbocycles. The molecule has 0 heterocycles. The average Bonchev–Trinajstić information content (AvgIpc) is 1.68. The first-order chi connectivity index (χ1) is 3.31. The van der Waals surface area contributed by atoms with Crippen molar-refractivity contribution in [2.45, 2.75) is 32.8 Å². The van der Waals surface area contributed by atoms with E-state index in [-0.39, 0.29) is 0 Å². The first kappa shape index (κ1) is 7.67. The van der Waals surface area contributed by atoms with Crippen molar-refractivity contribution in [3.8, 4) is 0 Å². The first-order valence-corrected chi connectivity index (χ1v) is 3.27. The molecule has 0 aliphatic rings. The van der Waals surface area contributed by atoms with Crippen molar-refractivity contribution in [1.29, 1.82) is 0 Å². The predicted octanol–water partition coefficient (Wildman–Crippen LogP) is 1.65. The molecule has 0 fully saturated rings. The molecule has 0 aliphatic heterocycles. The summed E-state index contributed by atoms with van der Waals surface area (Å²) in [5, 5.41) is 0. The summed E-state index contributed by atoms with van der Waals surface area (Å²) in [6.45, 7) is 4.25. The molecular formula is C5H11OTi. The van der Waals surface area contributed by atoms with Crippen molar-refractivity contribution >= 4 is 0 Å². The van der Waals surface area contributed by atoms with Gasteiger partial charge in [-0.05, 0) is 0 Å². The Kier molecular flexibility index (Phi) is 5.29. The van der Waals surface area contributed by atoms with Gasteiger partial charge in [0.05, 0.1) is 0 Å². The van der Waals surface area contributed by atoms with Gasteiger partial charge in [0.2, 0.25) is 0 Å². The molecule has 1 atom stereocenters. The Balaban J connectivity index is 2.83. The maximum absolute atomic E-state index is 4.99. The van der Waals surface area contributed by atoms with E-state index in [1.54, 1.807) is 20.8 Å². The van der Waals surface area contributed by atoms with Crippen molar-refractivity contribution in [1.82, 2.24) is 0 Å². The summed E-state index contributed by atoms with van der Waals surface area (Å²) in [5.74, 6) is 0. The molecule has 7 heavy (non-hydrogen) atoms. The molecule has 41 valence electrons. The second-order valence-corrected chi connectivity index (χ2v) is 2.09. The van der Waals surface area contributed by atoms with Crippen LogP contribution in [0.3, 0.4) is 0 Å². The summed E-state index contributed by atoms with van der Waals surface area (Å²) in [6.07, 6.45) is 2.84. The van der Waals surface area contributed by atoms with E-state index in [1.165, 1.54) is 12.8 Å². The average molecular weight is 135 g/mol. The normalized spacial score (nSPS) is 13.9. The van der Waals surface area contributed by atoms with Crippen LogP contribution in [0.5, 0.6) is 0 Å². The van der Waals surface area contributed by atoms with Crippen LogP contribution in [0.1, 0.15) is 26.7 Å². The quantitative estimate of drug-likeness (QED) is 0.534. The van der Waals surface area contributed by atoms with E-state index in [0.717, 1.165) is 0 Å². The predicted molar refractivity (Wildman–Crippen MR) is 25.5 cm³/mol. The third-order valence-corrected chi connectivity index (χ3v) is 1.52. The summed E-state index contributed by atoms with van der Waals surface area (Å²) in [5.41, 5.74) is 0. The minimum absolute atomic E-state index is 0.449. The Bertz CT molecular complexity index is 39.1. The summed E-state index contributed by atoms with van der Waals surface area (Å²) in [6, 6.07) is 0. The van der Waals surface area contributed by atoms with E-state index in [2.05, 4.69) is 13.8 Å². The zero-order chi connectivity index (χ0) is 5.70. The molecule has 0 saturated heterocycles. The Hall–Kier alpha value is 0.674. The fourth-order valence-electron chi connectivity index (χ4n) is 0.465. The number of hydrogen-bond acceptors (Lipinski definition) is 1. The van der Waals surface area contributed by atoms with Gasteiger partial charge in [0, 0.05) is 0 Å². The first-order valence-electron chi connectivity index (χ1n) is 2.63. The molecule has 0 amide bonds. The molecule has 0 rings (SSSR count). The molecule has 0 aliphatic carbocycles. The van der Waals surface area contributed by atoms with Crippen LogP contribution >= 0.6 is 0 Å². The van der Waals surface area contributed by atoms with Gasteiger partial charge in [-0.3, -0.25) is 0 Å². The summed E-state index contributed by atoms with van der Waals surface area (Å²) < 4.78 is 4.99. The van der Waals surface area contributed by atoms with E-state index in [9.17, 15) is 0 Å². The Morgan fingerprint density at radius 3 is 2.43 bits per heavy atom. The fourth-order valence-corrected chi connectivity index (χ4v) is 0.649. The molecule has 0 radical (unpaired) electrons. The van der Waals surface area contributed by atoms with Crippen LogP contribution in [0.25, 0.3) is 0 Å². The molecule has 0 spiro atoms. The summed E-state index contributed by atoms with van der Waals surface area (Å²) in [7, 11) is 0. The van der Waals surface area contributed by atoms with Gasteiger partial charge in [0.1, 0.15) is 0 Å². The molecule has 0 N–H and O–H groups in total. The van der Waals surface area contributed by atoms with Crippen LogP contribution in [0.4, 0.5) is 0 Å². The standard InChI is InChI=1S/C5H11O.Ti/c1-3-4-5(2)6;/h5H,3-4H2,1-2H3;/q-1;+1. The van der Waals surface area contributed by atoms with Gasteiger partial charge in [-0.2, -0.15) is 0 Å². The van der Waals surface area contributed by atoms with Crippen molar-refractivity contribution in [3.63, 3.8) is 0 Å². The fraction of sp³-hybridized carbons (Fsp3) is 1.00. The zero-order valence-corrected chi connectivity index (χ0v) is 6.46. The molecule has 0 bridgehead atoms. The van der Waals surface area contributed by atoms with Crippen molar-refractivity contribution in [3.05, 3.63) is 0 Å². The summed E-state index contributed by atoms with van der Waals surface area (Å²) in [4.78, 5) is 0. The van der Waals surface area contributed by atoms with E-state index in [4.69, 9.17) is 3.32 Å². The number of rotatable bonds is 3. The van der Waals surface area contributed by atoms with Crippen molar-refractivity contribution < 1.29 is 24.1 Å². The minimum atomic E-state index is 0.449. The number of hydrogen-bond donors (Lipinski definition) is 0. The SMILES string of the molecule is CCCC(C)[O][Ti]. The van der Waals surface area contributed by atoms with E-state index >= 15 is 0 Å². The van der Waals surface area contributed by atoms with Gasteiger partial charge in [-0.25, -0.2) is 0 Å². The molecule has 0 aromatic carbocycles. The van der Waals surface area contributed by atoms with Crippen LogP contribution in [0.15, 0.2) is 0 Å². The Morgan fingerprint density at radius 2 is 2.29 bits per heavy atom. The van der Waals surface area contributed by atoms with Gasteiger partial charge in [-0.1, -0.05) is 0 Å². The van der Waals surface area contributed by atoms with Crippen LogP contribution in [0.2, 0.25) is 0 Å². The molecule has 0 aromatic rings. The second-order valence-electron chi connectivity index (χ2n) is 1.72. The zero-order valence-electron chi connectivity index (χ0n) is 4.90. The molecule has 2 heteroatoms. The van der Waals surface area contributed by atoms with Crippen LogP contribution in [0, 0.1) is 0 Å². The van der Waals surface area contributed by atoms with Crippen molar-refractivity contribution in [2.24, 2.45) is 0 Å².